The van der Waals surface area contributed by atoms with Gasteiger partial charge in [-0.15, -0.1) is 0 Å². The number of aromatic nitrogens is 2. The lowest BCUT2D eigenvalue weighted by Crippen LogP contribution is -2.30. The molecule has 1 aliphatic rings. The molecule has 1 unspecified atom stereocenters. The number of hydrogen-bond acceptors (Lipinski definition) is 6. The van der Waals surface area contributed by atoms with Crippen molar-refractivity contribution in [1.29, 1.82) is 0 Å². The third-order valence-electron chi connectivity index (χ3n) is 6.64. The molecule has 5 rings (SSSR count). The minimum atomic E-state index is -0.974. The molecule has 1 atom stereocenters. The number of rotatable bonds is 6. The van der Waals surface area contributed by atoms with Gasteiger partial charge in [-0.1, -0.05) is 12.1 Å². The van der Waals surface area contributed by atoms with Crippen molar-refractivity contribution in [3.63, 3.8) is 0 Å². The number of fused-ring (bicyclic) bond motifs is 1. The van der Waals surface area contributed by atoms with E-state index in [0.29, 0.717) is 27.9 Å². The fraction of sp³-hybridized carbons (Fsp3) is 0.233. The van der Waals surface area contributed by atoms with Crippen LogP contribution in [0.1, 0.15) is 36.6 Å². The number of ketones is 1. The van der Waals surface area contributed by atoms with Crippen LogP contribution in [-0.2, 0) is 9.59 Å². The van der Waals surface area contributed by atoms with E-state index in [-0.39, 0.29) is 23.4 Å². The van der Waals surface area contributed by atoms with Crippen LogP contribution in [0.25, 0.3) is 16.8 Å². The van der Waals surface area contributed by atoms with Gasteiger partial charge in [-0.2, -0.15) is 0 Å². The Morgan fingerprint density at radius 2 is 1.79 bits per heavy atom. The number of hydrogen-bond donors (Lipinski definition) is 2. The van der Waals surface area contributed by atoms with Crippen LogP contribution in [0.5, 0.6) is 5.75 Å². The zero-order valence-electron chi connectivity index (χ0n) is 22.3. The Morgan fingerprint density at radius 3 is 2.44 bits per heavy atom. The van der Waals surface area contributed by atoms with Crippen LogP contribution in [0.3, 0.4) is 0 Å². The molecule has 200 valence electrons. The molecule has 0 spiro atoms. The number of H-pyrrole nitrogens is 1. The van der Waals surface area contributed by atoms with E-state index in [1.165, 1.54) is 23.1 Å². The summed E-state index contributed by atoms with van der Waals surface area (Å²) in [6.45, 7) is 5.68. The van der Waals surface area contributed by atoms with Crippen molar-refractivity contribution in [3.05, 3.63) is 88.7 Å². The maximum absolute atomic E-state index is 13.9. The van der Waals surface area contributed by atoms with Crippen LogP contribution in [0.15, 0.2) is 66.2 Å². The lowest BCUT2D eigenvalue weighted by molar-refractivity contribution is -0.132. The molecule has 39 heavy (non-hydrogen) atoms. The van der Waals surface area contributed by atoms with E-state index in [9.17, 15) is 19.1 Å². The van der Waals surface area contributed by atoms with Crippen molar-refractivity contribution in [1.82, 2.24) is 9.97 Å². The third kappa shape index (κ3) is 4.71. The Hall–Kier alpha value is -4.66. The molecule has 1 aromatic heterocycles. The van der Waals surface area contributed by atoms with Gasteiger partial charge < -0.3 is 19.7 Å². The molecule has 1 fully saturated rings. The predicted molar refractivity (Wildman–Crippen MR) is 149 cm³/mol. The van der Waals surface area contributed by atoms with Gasteiger partial charge in [0.25, 0.3) is 5.78 Å². The van der Waals surface area contributed by atoms with Crippen molar-refractivity contribution < 1.29 is 23.8 Å². The number of imidazole rings is 1. The molecule has 0 bridgehead atoms. The van der Waals surface area contributed by atoms with Crippen LogP contribution in [0, 0.1) is 12.7 Å². The first-order valence-corrected chi connectivity index (χ1v) is 12.6. The number of halogens is 1. The molecule has 8 nitrogen and oxygen atoms in total. The number of nitrogens with one attached hydrogen (secondary N) is 1. The summed E-state index contributed by atoms with van der Waals surface area (Å²) >= 11 is 0. The Labute approximate surface area is 225 Å². The number of ether oxygens (including phenoxy) is 1. The number of carbonyl (C=O) groups is 2. The quantitative estimate of drug-likeness (QED) is 0.195. The zero-order chi connectivity index (χ0) is 28.0. The van der Waals surface area contributed by atoms with Crippen LogP contribution >= 0.6 is 0 Å². The fourth-order valence-electron chi connectivity index (χ4n) is 4.74. The number of nitrogens with zero attached hydrogens (tertiary/aromatic N) is 3. The Kier molecular flexibility index (Phi) is 6.59. The molecule has 2 N–H and O–H groups in total. The smallest absolute Gasteiger partial charge is 0.302 e. The maximum Gasteiger partial charge on any atom is 0.302 e. The van der Waals surface area contributed by atoms with Gasteiger partial charge in [-0.3, -0.25) is 14.5 Å². The first-order valence-electron chi connectivity index (χ1n) is 12.6. The molecule has 1 aliphatic heterocycles. The topological polar surface area (TPSA) is 98.8 Å². The van der Waals surface area contributed by atoms with E-state index in [4.69, 9.17) is 4.74 Å². The number of Topliss-reactive ketones (excluding diaryl/α,β-unsaturated/α-hetero) is 1. The molecule has 0 saturated carbocycles. The average Bonchev–Trinajstić information content (AvgIpc) is 3.42. The van der Waals surface area contributed by atoms with Gasteiger partial charge in [0.15, 0.2) is 0 Å². The highest BCUT2D eigenvalue weighted by atomic mass is 19.1. The monoisotopic (exact) mass is 528 g/mol. The van der Waals surface area contributed by atoms with Crippen molar-refractivity contribution >= 4 is 40.1 Å². The standard InChI is InChI=1S/C30H29FN4O4/c1-16(2)39-24-13-8-19(14-17(24)3)27(36)25-26(18-6-10-21(11-7-18)34(4)5)35(29(38)28(25)37)30-32-22-12-9-20(31)15-23(22)33-30/h6-16,26,36H,1-5H3,(H,32,33)/b27-25+. The SMILES string of the molecule is Cc1cc(/C(O)=C2\C(=O)C(=O)N(c3nc4ccc(F)cc4[nH]3)C2c2ccc(N(C)C)cc2)ccc1OC(C)C. The van der Waals surface area contributed by atoms with Crippen molar-refractivity contribution in [2.24, 2.45) is 0 Å². The number of carbonyl (C=O) groups excluding carboxylic acids is 2. The summed E-state index contributed by atoms with van der Waals surface area (Å²) in [5, 5.41) is 11.5. The summed E-state index contributed by atoms with van der Waals surface area (Å²) in [5.74, 6) is -1.73. The Balaban J connectivity index is 1.68. The number of amides is 1. The van der Waals surface area contributed by atoms with Gasteiger partial charge in [0, 0.05) is 25.3 Å². The van der Waals surface area contributed by atoms with E-state index in [2.05, 4.69) is 9.97 Å². The lowest BCUT2D eigenvalue weighted by atomic mass is 9.94. The van der Waals surface area contributed by atoms with E-state index in [1.54, 1.807) is 30.3 Å². The second-order valence-corrected chi connectivity index (χ2v) is 10.0. The lowest BCUT2D eigenvalue weighted by Gasteiger charge is -2.24. The summed E-state index contributed by atoms with van der Waals surface area (Å²) < 4.78 is 19.7. The van der Waals surface area contributed by atoms with Gasteiger partial charge in [-0.05, 0) is 80.4 Å². The molecular formula is C30H29FN4O4. The molecule has 1 saturated heterocycles. The molecule has 1 amide bonds. The normalized spacial score (nSPS) is 16.9. The Morgan fingerprint density at radius 1 is 1.08 bits per heavy atom. The summed E-state index contributed by atoms with van der Waals surface area (Å²) in [6, 6.07) is 15.5. The van der Waals surface area contributed by atoms with Crippen molar-refractivity contribution in [2.75, 3.05) is 23.9 Å². The summed E-state index contributed by atoms with van der Waals surface area (Å²) in [5.41, 5.74) is 3.42. The van der Waals surface area contributed by atoms with Gasteiger partial charge in [-0.25, -0.2) is 9.37 Å². The summed E-state index contributed by atoms with van der Waals surface area (Å²) in [7, 11) is 3.81. The number of benzene rings is 3. The number of aryl methyl sites for hydroxylation is 1. The highest BCUT2D eigenvalue weighted by Gasteiger charge is 2.48. The van der Waals surface area contributed by atoms with Gasteiger partial charge >= 0.3 is 5.91 Å². The molecule has 2 heterocycles. The highest BCUT2D eigenvalue weighted by molar-refractivity contribution is 6.51. The van der Waals surface area contributed by atoms with Crippen molar-refractivity contribution in [2.45, 2.75) is 32.9 Å². The fourth-order valence-corrected chi connectivity index (χ4v) is 4.74. The summed E-state index contributed by atoms with van der Waals surface area (Å²) in [4.78, 5) is 37.5. The maximum atomic E-state index is 13.9. The number of anilines is 2. The average molecular weight is 529 g/mol. The second kappa shape index (κ2) is 9.90. The van der Waals surface area contributed by atoms with Crippen molar-refractivity contribution in [3.8, 4) is 5.75 Å². The molecule has 4 aromatic rings. The largest absolute Gasteiger partial charge is 0.507 e. The minimum absolute atomic E-state index is 0.0316. The summed E-state index contributed by atoms with van der Waals surface area (Å²) in [6.07, 6.45) is -0.0316. The number of aliphatic hydroxyl groups is 1. The predicted octanol–water partition coefficient (Wildman–Crippen LogP) is 5.49. The Bertz CT molecular complexity index is 1620. The van der Waals surface area contributed by atoms with Crippen LogP contribution in [0.2, 0.25) is 0 Å². The van der Waals surface area contributed by atoms with E-state index in [1.807, 2.05) is 51.9 Å². The molecule has 0 radical (unpaired) electrons. The highest BCUT2D eigenvalue weighted by Crippen LogP contribution is 2.42. The number of aromatic amines is 1. The van der Waals surface area contributed by atoms with E-state index in [0.717, 1.165) is 11.3 Å². The van der Waals surface area contributed by atoms with Gasteiger partial charge in [0.05, 0.1) is 28.8 Å². The molecular weight excluding hydrogens is 499 g/mol. The number of aliphatic hydroxyl groups excluding tert-OH is 1. The van der Waals surface area contributed by atoms with Crippen LogP contribution < -0.4 is 14.5 Å². The molecule has 9 heteroatoms. The van der Waals surface area contributed by atoms with Crippen LogP contribution in [0.4, 0.5) is 16.0 Å². The zero-order valence-corrected chi connectivity index (χ0v) is 22.3. The minimum Gasteiger partial charge on any atom is -0.507 e. The van der Waals surface area contributed by atoms with E-state index >= 15 is 0 Å². The van der Waals surface area contributed by atoms with Gasteiger partial charge in [0.2, 0.25) is 5.95 Å². The molecule has 3 aromatic carbocycles. The van der Waals surface area contributed by atoms with Gasteiger partial charge in [0.1, 0.15) is 17.3 Å². The third-order valence-corrected chi connectivity index (χ3v) is 6.64. The second-order valence-electron chi connectivity index (χ2n) is 10.0. The first-order chi connectivity index (χ1) is 18.5. The van der Waals surface area contributed by atoms with E-state index < -0.39 is 23.5 Å². The first kappa shape index (κ1) is 26.0. The van der Waals surface area contributed by atoms with Crippen LogP contribution in [-0.4, -0.2) is 47.0 Å². The molecule has 0 aliphatic carbocycles.